The highest BCUT2D eigenvalue weighted by Crippen LogP contribution is 2.26. The van der Waals surface area contributed by atoms with Crippen molar-refractivity contribution in [3.8, 4) is 0 Å². The molecule has 0 aromatic rings. The Morgan fingerprint density at radius 3 is 1.43 bits per heavy atom. The Kier molecular flexibility index (Phi) is 37.9. The van der Waals surface area contributed by atoms with Crippen LogP contribution >= 0.6 is 0 Å². The number of unbranched alkanes of at least 4 members (excludes halogenated alkanes) is 7. The maximum Gasteiger partial charge on any atom is 0.306 e. The quantitative estimate of drug-likeness (QED) is 0.0176. The van der Waals surface area contributed by atoms with Crippen LogP contribution in [0.25, 0.3) is 0 Å². The minimum atomic E-state index is -1.79. The predicted octanol–water partition coefficient (Wildman–Crippen LogP) is 7.93. The fourth-order valence-electron chi connectivity index (χ4n) is 7.43. The molecule has 15 heteroatoms. The summed E-state index contributed by atoms with van der Waals surface area (Å²) in [6.07, 6.45) is 38.6. The molecule has 408 valence electrons. The van der Waals surface area contributed by atoms with E-state index in [0.29, 0.717) is 19.3 Å². The summed E-state index contributed by atoms with van der Waals surface area (Å²) in [5, 5.41) is 72.1. The first-order chi connectivity index (χ1) is 35.0. The first-order valence-electron chi connectivity index (χ1n) is 26.5. The second-order valence-corrected chi connectivity index (χ2v) is 18.0. The number of aliphatic hydroxyl groups is 7. The van der Waals surface area contributed by atoms with Crippen molar-refractivity contribution in [3.63, 3.8) is 0 Å². The number of hydrogen-bond acceptors (Lipinski definition) is 15. The Labute approximate surface area is 430 Å². The molecule has 7 N–H and O–H groups in total. The third-order valence-electron chi connectivity index (χ3n) is 11.7. The normalized spacial score (nSPS) is 25.9. The number of hydrogen-bond donors (Lipinski definition) is 7. The average molecular weight is 1020 g/mol. The molecule has 0 spiro atoms. The highest BCUT2D eigenvalue weighted by Gasteiger charge is 2.47. The number of ether oxygens (including phenoxy) is 6. The van der Waals surface area contributed by atoms with E-state index in [1.54, 1.807) is 0 Å². The van der Waals surface area contributed by atoms with E-state index in [4.69, 9.17) is 28.4 Å². The van der Waals surface area contributed by atoms with Crippen molar-refractivity contribution >= 4 is 11.9 Å². The van der Waals surface area contributed by atoms with Gasteiger partial charge in [0.15, 0.2) is 18.7 Å². The van der Waals surface area contributed by atoms with Gasteiger partial charge < -0.3 is 64.2 Å². The molecule has 2 heterocycles. The van der Waals surface area contributed by atoms with Gasteiger partial charge in [0.1, 0.15) is 55.4 Å². The number of aliphatic hydroxyl groups excluding tert-OH is 7. The molecule has 2 aliphatic rings. The van der Waals surface area contributed by atoms with E-state index in [1.165, 1.54) is 38.5 Å². The fraction of sp³-hybridized carbons (Fsp3) is 0.649. The van der Waals surface area contributed by atoms with E-state index in [0.717, 1.165) is 57.8 Å². The lowest BCUT2D eigenvalue weighted by atomic mass is 9.98. The molecular formula is C57H90O15. The van der Waals surface area contributed by atoms with Crippen molar-refractivity contribution in [2.24, 2.45) is 0 Å². The molecule has 2 fully saturated rings. The van der Waals surface area contributed by atoms with Crippen LogP contribution in [-0.4, -0.2) is 142 Å². The monoisotopic (exact) mass is 1010 g/mol. The summed E-state index contributed by atoms with van der Waals surface area (Å²) < 4.78 is 33.4. The molecule has 0 aliphatic carbocycles. The van der Waals surface area contributed by atoms with Gasteiger partial charge in [-0.05, 0) is 83.5 Å². The lowest BCUT2D eigenvalue weighted by molar-refractivity contribution is -0.332. The average Bonchev–Trinajstić information content (AvgIpc) is 3.37. The lowest BCUT2D eigenvalue weighted by Crippen LogP contribution is -2.61. The molecule has 0 aromatic heterocycles. The van der Waals surface area contributed by atoms with Crippen LogP contribution in [0.2, 0.25) is 0 Å². The van der Waals surface area contributed by atoms with Gasteiger partial charge in [-0.1, -0.05) is 155 Å². The molecule has 0 aromatic carbocycles. The lowest BCUT2D eigenvalue weighted by Gasteiger charge is -2.42. The zero-order chi connectivity index (χ0) is 52.4. The summed E-state index contributed by atoms with van der Waals surface area (Å²) in [6.45, 7) is 2.32. The first kappa shape index (κ1) is 64.3. The minimum absolute atomic E-state index is 0.0398. The molecule has 0 amide bonds. The number of rotatable bonds is 39. The predicted molar refractivity (Wildman–Crippen MR) is 279 cm³/mol. The van der Waals surface area contributed by atoms with Gasteiger partial charge >= 0.3 is 11.9 Å². The van der Waals surface area contributed by atoms with Crippen LogP contribution in [0.3, 0.4) is 0 Å². The number of carbonyl (C=O) groups is 2. The summed E-state index contributed by atoms with van der Waals surface area (Å²) in [5.74, 6) is -1.09. The Bertz CT molecular complexity index is 1660. The van der Waals surface area contributed by atoms with Gasteiger partial charge in [0.2, 0.25) is 0 Å². The molecule has 5 unspecified atom stereocenters. The van der Waals surface area contributed by atoms with E-state index >= 15 is 0 Å². The van der Waals surface area contributed by atoms with E-state index in [9.17, 15) is 45.3 Å². The Hall–Kier alpha value is -3.84. The van der Waals surface area contributed by atoms with Gasteiger partial charge in [-0.2, -0.15) is 0 Å². The molecule has 0 saturated carbocycles. The molecule has 0 bridgehead atoms. The van der Waals surface area contributed by atoms with Crippen molar-refractivity contribution in [3.05, 3.63) is 109 Å². The maximum absolute atomic E-state index is 13.0. The van der Waals surface area contributed by atoms with Crippen LogP contribution in [-0.2, 0) is 38.0 Å². The van der Waals surface area contributed by atoms with Crippen molar-refractivity contribution in [1.29, 1.82) is 0 Å². The highest BCUT2D eigenvalue weighted by atomic mass is 16.7. The first-order valence-corrected chi connectivity index (χ1v) is 26.5. The minimum Gasteiger partial charge on any atom is -0.462 e. The highest BCUT2D eigenvalue weighted by molar-refractivity contribution is 5.70. The van der Waals surface area contributed by atoms with Crippen molar-refractivity contribution in [2.75, 3.05) is 26.4 Å². The van der Waals surface area contributed by atoms with Gasteiger partial charge in [0.05, 0.1) is 19.8 Å². The molecule has 15 nitrogen and oxygen atoms in total. The van der Waals surface area contributed by atoms with Gasteiger partial charge in [0.25, 0.3) is 0 Å². The zero-order valence-corrected chi connectivity index (χ0v) is 43.1. The third kappa shape index (κ3) is 29.8. The van der Waals surface area contributed by atoms with Crippen LogP contribution in [0.5, 0.6) is 0 Å². The zero-order valence-electron chi connectivity index (χ0n) is 43.1. The van der Waals surface area contributed by atoms with Crippen molar-refractivity contribution in [2.45, 2.75) is 210 Å². The Morgan fingerprint density at radius 2 is 0.903 bits per heavy atom. The number of allylic oxidation sites excluding steroid dienone is 18. The molecule has 72 heavy (non-hydrogen) atoms. The van der Waals surface area contributed by atoms with Gasteiger partial charge in [-0.3, -0.25) is 9.59 Å². The largest absolute Gasteiger partial charge is 0.462 e. The summed E-state index contributed by atoms with van der Waals surface area (Å²) in [4.78, 5) is 25.7. The fourth-order valence-corrected chi connectivity index (χ4v) is 7.43. The van der Waals surface area contributed by atoms with E-state index < -0.39 is 99.3 Å². The molecule has 0 radical (unpaired) electrons. The molecule has 2 aliphatic heterocycles. The van der Waals surface area contributed by atoms with Crippen LogP contribution in [0.4, 0.5) is 0 Å². The maximum atomic E-state index is 13.0. The van der Waals surface area contributed by atoms with Gasteiger partial charge in [-0.25, -0.2) is 0 Å². The van der Waals surface area contributed by atoms with Crippen molar-refractivity contribution in [1.82, 2.24) is 0 Å². The van der Waals surface area contributed by atoms with E-state index in [-0.39, 0.29) is 19.4 Å². The SMILES string of the molecule is CC/C=C/C/C=C/C/C=C/C/C=C/C/C=C/C/C=C/C/C=C/CCCC(=O)OCC(CO[C@@H]1O[C@H](CO[C@@H]2O[C@H](CO)[C@H](O)C(O)C2O)[C@H](O)C(O)C1O)OC(=O)CC/C=C/C/C=C/CCCCCCCC. The molecule has 2 saturated heterocycles. The summed E-state index contributed by atoms with van der Waals surface area (Å²) >= 11 is 0. The summed E-state index contributed by atoms with van der Waals surface area (Å²) in [5.41, 5.74) is 0. The topological polar surface area (TPSA) is 231 Å². The summed E-state index contributed by atoms with van der Waals surface area (Å²) in [6, 6.07) is 0. The number of carbonyl (C=O) groups excluding carboxylic acids is 2. The smallest absolute Gasteiger partial charge is 0.306 e. The van der Waals surface area contributed by atoms with Crippen LogP contribution in [0.1, 0.15) is 142 Å². The van der Waals surface area contributed by atoms with Crippen LogP contribution < -0.4 is 0 Å². The second-order valence-electron chi connectivity index (χ2n) is 18.0. The van der Waals surface area contributed by atoms with Crippen molar-refractivity contribution < 1.29 is 73.8 Å². The Balaban J connectivity index is 1.83. The van der Waals surface area contributed by atoms with E-state index in [2.05, 4.69) is 98.9 Å². The Morgan fingerprint density at radius 1 is 0.458 bits per heavy atom. The van der Waals surface area contributed by atoms with Crippen LogP contribution in [0, 0.1) is 0 Å². The molecular weight excluding hydrogens is 925 g/mol. The summed E-state index contributed by atoms with van der Waals surface area (Å²) in [7, 11) is 0. The molecule has 2 rings (SSSR count). The second kappa shape index (κ2) is 42.5. The van der Waals surface area contributed by atoms with Crippen LogP contribution in [0.15, 0.2) is 109 Å². The van der Waals surface area contributed by atoms with E-state index in [1.807, 2.05) is 24.3 Å². The standard InChI is InChI=1S/C57H90O15/c1-3-5-7-9-11-13-15-17-18-19-20-21-22-23-24-25-26-28-29-31-33-35-37-39-48(59)67-42-45(70-49(60)40-38-36-34-32-30-27-16-14-12-10-8-6-4-2)43-68-56-55(66)53(64)51(62)47(72-56)44-69-57-54(65)52(63)50(61)46(41-58)71-57/h5,7,11,13,17-18,20-21,23-24,26-28,30-31,33-34,36,45-47,50-58,61-66H,3-4,6,8-10,12,14-16,19,22,25,29,32,35,37-44H2,1-2H3/b7-5+,13-11+,18-17+,21-20+,24-23+,28-26+,30-27+,33-31+,36-34+/t45?,46-,47-,50+,51+,52?,53?,54?,55?,56-,57-/m1/s1. The molecule has 11 atom stereocenters. The van der Waals surface area contributed by atoms with Gasteiger partial charge in [0, 0.05) is 12.8 Å². The van der Waals surface area contributed by atoms with Gasteiger partial charge in [-0.15, -0.1) is 0 Å². The third-order valence-corrected chi connectivity index (χ3v) is 11.7. The number of esters is 2.